The molecule has 1 amide bonds. The van der Waals surface area contributed by atoms with Crippen molar-refractivity contribution in [2.75, 3.05) is 30.5 Å². The van der Waals surface area contributed by atoms with Crippen molar-refractivity contribution in [1.29, 1.82) is 5.26 Å². The Morgan fingerprint density at radius 3 is 2.84 bits per heavy atom. The van der Waals surface area contributed by atoms with Crippen molar-refractivity contribution >= 4 is 22.4 Å². The zero-order valence-corrected chi connectivity index (χ0v) is 11.5. The zero-order valence-electron chi connectivity index (χ0n) is 10.7. The van der Waals surface area contributed by atoms with Gasteiger partial charge in [-0.2, -0.15) is 5.26 Å². The fourth-order valence-electron chi connectivity index (χ4n) is 1.39. The molecule has 6 heteroatoms. The highest BCUT2D eigenvalue weighted by molar-refractivity contribution is 7.85. The van der Waals surface area contributed by atoms with Gasteiger partial charge in [0, 0.05) is 35.8 Å². The summed E-state index contributed by atoms with van der Waals surface area (Å²) in [6, 6.07) is 8.77. The van der Waals surface area contributed by atoms with Gasteiger partial charge in [0.05, 0.1) is 17.9 Å². The number of methoxy groups -OCH3 is 1. The molecule has 102 valence electrons. The van der Waals surface area contributed by atoms with Crippen molar-refractivity contribution in [3.8, 4) is 6.07 Å². The first-order valence-electron chi connectivity index (χ1n) is 5.80. The minimum atomic E-state index is -1.06. The molecule has 0 spiro atoms. The number of amides is 1. The minimum absolute atomic E-state index is 0.163. The normalized spacial score (nSPS) is 11.6. The van der Waals surface area contributed by atoms with Gasteiger partial charge < -0.3 is 10.1 Å². The lowest BCUT2D eigenvalue weighted by Gasteiger charge is -2.06. The highest BCUT2D eigenvalue weighted by Crippen LogP contribution is 2.13. The van der Waals surface area contributed by atoms with Crippen molar-refractivity contribution in [3.63, 3.8) is 0 Å². The predicted molar refractivity (Wildman–Crippen MR) is 74.2 cm³/mol. The first-order valence-corrected chi connectivity index (χ1v) is 7.29. The number of nitrogens with zero attached hydrogens (tertiary/aromatic N) is 1. The van der Waals surface area contributed by atoms with Crippen LogP contribution in [-0.4, -0.2) is 35.3 Å². The summed E-state index contributed by atoms with van der Waals surface area (Å²) in [6.45, 7) is 0.422. The molecule has 0 heterocycles. The number of benzene rings is 1. The van der Waals surface area contributed by atoms with Crippen LogP contribution >= 0.6 is 0 Å². The van der Waals surface area contributed by atoms with E-state index in [9.17, 15) is 9.00 Å². The molecule has 0 bridgehead atoms. The third-order valence-corrected chi connectivity index (χ3v) is 3.68. The number of hydrogen-bond donors (Lipinski definition) is 1. The van der Waals surface area contributed by atoms with Gasteiger partial charge in [0.1, 0.15) is 6.07 Å². The molecule has 1 rings (SSSR count). The van der Waals surface area contributed by atoms with Crippen molar-refractivity contribution in [2.24, 2.45) is 0 Å². The summed E-state index contributed by atoms with van der Waals surface area (Å²) >= 11 is 0. The Morgan fingerprint density at radius 1 is 1.42 bits per heavy atom. The van der Waals surface area contributed by atoms with Crippen LogP contribution in [0.5, 0.6) is 0 Å². The molecule has 0 saturated carbocycles. The third kappa shape index (κ3) is 5.64. The van der Waals surface area contributed by atoms with Gasteiger partial charge in [-0.15, -0.1) is 0 Å². The molecular formula is C13H16N2O3S. The molecule has 0 aromatic heterocycles. The lowest BCUT2D eigenvalue weighted by Crippen LogP contribution is -2.17. The van der Waals surface area contributed by atoms with Gasteiger partial charge in [-0.3, -0.25) is 9.00 Å². The number of rotatable bonds is 7. The number of ether oxygens (including phenoxy) is 1. The predicted octanol–water partition coefficient (Wildman–Crippen LogP) is 1.28. The summed E-state index contributed by atoms with van der Waals surface area (Å²) in [6.07, 6.45) is 0.163. The molecule has 1 atom stereocenters. The molecular weight excluding hydrogens is 264 g/mol. The fraction of sp³-hybridized carbons (Fsp3) is 0.385. The Balaban J connectivity index is 2.43. The summed E-state index contributed by atoms with van der Waals surface area (Å²) in [5.74, 6) is 0.483. The maximum Gasteiger partial charge on any atom is 0.225 e. The van der Waals surface area contributed by atoms with Crippen LogP contribution in [0.25, 0.3) is 0 Å². The lowest BCUT2D eigenvalue weighted by molar-refractivity contribution is -0.115. The molecule has 1 N–H and O–H groups in total. The molecule has 0 aliphatic rings. The van der Waals surface area contributed by atoms with E-state index >= 15 is 0 Å². The van der Waals surface area contributed by atoms with E-state index in [-0.39, 0.29) is 12.3 Å². The van der Waals surface area contributed by atoms with E-state index in [4.69, 9.17) is 10.00 Å². The van der Waals surface area contributed by atoms with Crippen LogP contribution in [0, 0.1) is 11.3 Å². The smallest absolute Gasteiger partial charge is 0.225 e. The number of anilines is 1. The first kappa shape index (κ1) is 15.3. The van der Waals surface area contributed by atoms with E-state index in [2.05, 4.69) is 5.32 Å². The quantitative estimate of drug-likeness (QED) is 0.816. The van der Waals surface area contributed by atoms with Crippen molar-refractivity contribution in [2.45, 2.75) is 6.42 Å². The number of nitriles is 1. The van der Waals surface area contributed by atoms with Crippen molar-refractivity contribution in [3.05, 3.63) is 29.8 Å². The van der Waals surface area contributed by atoms with Crippen LogP contribution in [0.2, 0.25) is 0 Å². The molecule has 0 saturated heterocycles. The van der Waals surface area contributed by atoms with E-state index < -0.39 is 10.8 Å². The van der Waals surface area contributed by atoms with Gasteiger partial charge in [-0.05, 0) is 12.1 Å². The van der Waals surface area contributed by atoms with Gasteiger partial charge >= 0.3 is 0 Å². The number of carbonyl (C=O) groups is 1. The Morgan fingerprint density at radius 2 is 2.16 bits per heavy atom. The SMILES string of the molecule is COCCS(=O)CCC(=O)Nc1ccccc1C#N. The fourth-order valence-corrected chi connectivity index (χ4v) is 2.36. The molecule has 1 aromatic carbocycles. The van der Waals surface area contributed by atoms with Gasteiger partial charge in [-0.1, -0.05) is 12.1 Å². The molecule has 0 radical (unpaired) electrons. The number of para-hydroxylation sites is 1. The maximum absolute atomic E-state index is 11.7. The second kappa shape index (κ2) is 8.40. The van der Waals surface area contributed by atoms with Crippen molar-refractivity contribution < 1.29 is 13.7 Å². The Hall–Kier alpha value is -1.71. The number of hydrogen-bond acceptors (Lipinski definition) is 4. The van der Waals surface area contributed by atoms with Crippen LogP contribution in [0.1, 0.15) is 12.0 Å². The molecule has 1 unspecified atom stereocenters. The molecule has 0 fully saturated rings. The number of nitrogens with one attached hydrogen (secondary N) is 1. The molecule has 0 aliphatic heterocycles. The van der Waals surface area contributed by atoms with E-state index in [1.807, 2.05) is 6.07 Å². The van der Waals surface area contributed by atoms with Crippen LogP contribution in [0.3, 0.4) is 0 Å². The summed E-state index contributed by atoms with van der Waals surface area (Å²) in [4.78, 5) is 11.7. The van der Waals surface area contributed by atoms with Crippen LogP contribution in [0.4, 0.5) is 5.69 Å². The molecule has 1 aromatic rings. The van der Waals surface area contributed by atoms with Gasteiger partial charge in [-0.25, -0.2) is 0 Å². The molecule has 5 nitrogen and oxygen atoms in total. The Kier molecular flexibility index (Phi) is 6.79. The number of carbonyl (C=O) groups excluding carboxylic acids is 1. The van der Waals surface area contributed by atoms with Crippen LogP contribution in [-0.2, 0) is 20.3 Å². The maximum atomic E-state index is 11.7. The zero-order chi connectivity index (χ0) is 14.1. The Labute approximate surface area is 115 Å². The minimum Gasteiger partial charge on any atom is -0.384 e. The average Bonchev–Trinajstić information content (AvgIpc) is 2.43. The monoisotopic (exact) mass is 280 g/mol. The second-order valence-corrected chi connectivity index (χ2v) is 5.49. The van der Waals surface area contributed by atoms with Crippen LogP contribution < -0.4 is 5.32 Å². The van der Waals surface area contributed by atoms with E-state index in [0.717, 1.165) is 0 Å². The molecule has 19 heavy (non-hydrogen) atoms. The van der Waals surface area contributed by atoms with Gasteiger partial charge in [0.25, 0.3) is 0 Å². The lowest BCUT2D eigenvalue weighted by atomic mass is 10.2. The van der Waals surface area contributed by atoms with Crippen molar-refractivity contribution in [1.82, 2.24) is 0 Å². The average molecular weight is 280 g/mol. The topological polar surface area (TPSA) is 79.2 Å². The summed E-state index contributed by atoms with van der Waals surface area (Å²) in [5.41, 5.74) is 0.897. The molecule has 0 aliphatic carbocycles. The second-order valence-electron chi connectivity index (χ2n) is 3.80. The van der Waals surface area contributed by atoms with E-state index in [0.29, 0.717) is 29.4 Å². The van der Waals surface area contributed by atoms with Crippen LogP contribution in [0.15, 0.2) is 24.3 Å². The highest BCUT2D eigenvalue weighted by atomic mass is 32.2. The largest absolute Gasteiger partial charge is 0.384 e. The third-order valence-electron chi connectivity index (χ3n) is 2.39. The highest BCUT2D eigenvalue weighted by Gasteiger charge is 2.08. The summed E-state index contributed by atoms with van der Waals surface area (Å²) in [5, 5.41) is 11.5. The summed E-state index contributed by atoms with van der Waals surface area (Å²) in [7, 11) is 0.488. The first-order chi connectivity index (χ1) is 9.17. The van der Waals surface area contributed by atoms with E-state index in [1.54, 1.807) is 31.4 Å². The van der Waals surface area contributed by atoms with Gasteiger partial charge in [0.2, 0.25) is 5.91 Å². The standard InChI is InChI=1S/C13H16N2O3S/c1-18-7-9-19(17)8-6-13(16)15-12-5-3-2-4-11(12)10-14/h2-5H,6-9H2,1H3,(H,15,16). The summed E-state index contributed by atoms with van der Waals surface area (Å²) < 4.78 is 16.3. The van der Waals surface area contributed by atoms with Gasteiger partial charge in [0.15, 0.2) is 0 Å². The Bertz CT molecular complexity index is 497. The van der Waals surface area contributed by atoms with E-state index in [1.165, 1.54) is 0 Å².